The van der Waals surface area contributed by atoms with E-state index >= 15 is 0 Å². The van der Waals surface area contributed by atoms with Gasteiger partial charge in [-0.05, 0) is 38.4 Å². The zero-order valence-corrected chi connectivity index (χ0v) is 12.4. The summed E-state index contributed by atoms with van der Waals surface area (Å²) in [6.45, 7) is 2.19. The predicted octanol–water partition coefficient (Wildman–Crippen LogP) is -0.258. The van der Waals surface area contributed by atoms with Crippen LogP contribution in [-0.4, -0.2) is 49.4 Å². The van der Waals surface area contributed by atoms with E-state index in [1.165, 1.54) is 10.6 Å². The molecule has 112 valence electrons. The van der Waals surface area contributed by atoms with Crippen LogP contribution in [0.4, 0.5) is 0 Å². The minimum absolute atomic E-state index is 0.193. The van der Waals surface area contributed by atoms with Gasteiger partial charge < -0.3 is 5.32 Å². The Morgan fingerprint density at radius 3 is 3.05 bits per heavy atom. The molecule has 0 saturated carbocycles. The number of nitrogens with one attached hydrogen (secondary N) is 2. The Morgan fingerprint density at radius 2 is 2.35 bits per heavy atom. The molecule has 1 aromatic heterocycles. The molecular formula is C12H21N5O2S. The molecule has 0 bridgehead atoms. The van der Waals surface area contributed by atoms with Gasteiger partial charge in [-0.3, -0.25) is 0 Å². The summed E-state index contributed by atoms with van der Waals surface area (Å²) in [6, 6.07) is 1.70. The summed E-state index contributed by atoms with van der Waals surface area (Å²) in [5.41, 5.74) is 0.660. The fourth-order valence-corrected chi connectivity index (χ4v) is 3.67. The molecule has 2 heterocycles. The van der Waals surface area contributed by atoms with Crippen LogP contribution in [0.3, 0.4) is 0 Å². The van der Waals surface area contributed by atoms with Crippen LogP contribution in [0.2, 0.25) is 0 Å². The van der Waals surface area contributed by atoms with Crippen LogP contribution in [0.15, 0.2) is 18.6 Å². The van der Waals surface area contributed by atoms with E-state index in [0.29, 0.717) is 24.7 Å². The van der Waals surface area contributed by atoms with Crippen LogP contribution in [0.1, 0.15) is 18.5 Å². The fraction of sp³-hybridized carbons (Fsp3) is 0.667. The first-order valence-corrected chi connectivity index (χ1v) is 8.20. The van der Waals surface area contributed by atoms with Crippen molar-refractivity contribution in [3.63, 3.8) is 0 Å². The van der Waals surface area contributed by atoms with Crippen LogP contribution in [0.25, 0.3) is 0 Å². The molecule has 20 heavy (non-hydrogen) atoms. The number of hydrogen-bond acceptors (Lipinski definition) is 5. The van der Waals surface area contributed by atoms with Crippen molar-refractivity contribution in [1.82, 2.24) is 24.3 Å². The molecule has 1 aromatic rings. The van der Waals surface area contributed by atoms with Gasteiger partial charge in [-0.25, -0.2) is 9.97 Å². The summed E-state index contributed by atoms with van der Waals surface area (Å²) >= 11 is 0. The van der Waals surface area contributed by atoms with E-state index in [4.69, 9.17) is 0 Å². The first kappa shape index (κ1) is 15.3. The minimum atomic E-state index is -3.44. The summed E-state index contributed by atoms with van der Waals surface area (Å²) in [4.78, 5) is 7.81. The number of rotatable bonds is 6. The second kappa shape index (κ2) is 7.07. The monoisotopic (exact) mass is 299 g/mol. The molecular weight excluding hydrogens is 278 g/mol. The molecule has 1 aliphatic heterocycles. The van der Waals surface area contributed by atoms with Gasteiger partial charge in [0, 0.05) is 19.3 Å². The van der Waals surface area contributed by atoms with Gasteiger partial charge in [0.15, 0.2) is 0 Å². The highest BCUT2D eigenvalue weighted by molar-refractivity contribution is 7.87. The molecule has 2 rings (SSSR count). The van der Waals surface area contributed by atoms with E-state index in [9.17, 15) is 8.42 Å². The average molecular weight is 299 g/mol. The summed E-state index contributed by atoms with van der Waals surface area (Å²) in [7, 11) is -1.55. The third-order valence-corrected chi connectivity index (χ3v) is 4.91. The molecule has 0 amide bonds. The topological polar surface area (TPSA) is 87.2 Å². The molecule has 8 heteroatoms. The van der Waals surface area contributed by atoms with Gasteiger partial charge in [0.1, 0.15) is 6.33 Å². The second-order valence-electron chi connectivity index (χ2n) is 4.95. The molecule has 1 fully saturated rings. The van der Waals surface area contributed by atoms with Crippen molar-refractivity contribution in [1.29, 1.82) is 0 Å². The molecule has 7 nitrogen and oxygen atoms in total. The lowest BCUT2D eigenvalue weighted by Gasteiger charge is -2.31. The van der Waals surface area contributed by atoms with Crippen molar-refractivity contribution in [2.75, 3.05) is 26.7 Å². The lowest BCUT2D eigenvalue weighted by molar-refractivity contribution is 0.261. The highest BCUT2D eigenvalue weighted by Crippen LogP contribution is 2.18. The first-order valence-electron chi connectivity index (χ1n) is 6.76. The highest BCUT2D eigenvalue weighted by Gasteiger charge is 2.28. The molecule has 2 N–H and O–H groups in total. The number of piperidine rings is 1. The van der Waals surface area contributed by atoms with Gasteiger partial charge in [-0.15, -0.1) is 0 Å². The SMILES string of the molecule is CNCC1CCCN(S(=O)(=O)NCc2ccncn2)C1. The summed E-state index contributed by atoms with van der Waals surface area (Å²) in [5.74, 6) is 0.379. The van der Waals surface area contributed by atoms with Crippen LogP contribution in [0, 0.1) is 5.92 Å². The molecule has 0 aliphatic carbocycles. The third kappa shape index (κ3) is 4.20. The van der Waals surface area contributed by atoms with Gasteiger partial charge in [0.2, 0.25) is 0 Å². The van der Waals surface area contributed by atoms with Gasteiger partial charge >= 0.3 is 0 Å². The smallest absolute Gasteiger partial charge is 0.279 e. The van der Waals surface area contributed by atoms with E-state index in [2.05, 4.69) is 20.0 Å². The Labute approximate surface area is 120 Å². The lowest BCUT2D eigenvalue weighted by Crippen LogP contribution is -2.47. The zero-order valence-electron chi connectivity index (χ0n) is 11.6. The molecule has 0 aromatic carbocycles. The molecule has 1 saturated heterocycles. The molecule has 1 atom stereocenters. The predicted molar refractivity (Wildman–Crippen MR) is 76.0 cm³/mol. The Hall–Kier alpha value is -1.09. The van der Waals surface area contributed by atoms with Gasteiger partial charge in [-0.2, -0.15) is 17.4 Å². The van der Waals surface area contributed by atoms with Crippen molar-refractivity contribution < 1.29 is 8.42 Å². The average Bonchev–Trinajstić information content (AvgIpc) is 2.47. The lowest BCUT2D eigenvalue weighted by atomic mass is 10.00. The molecule has 0 radical (unpaired) electrons. The van der Waals surface area contributed by atoms with E-state index in [1.807, 2.05) is 7.05 Å². The number of nitrogens with zero attached hydrogens (tertiary/aromatic N) is 3. The number of hydrogen-bond donors (Lipinski definition) is 2. The third-order valence-electron chi connectivity index (χ3n) is 3.39. The maximum atomic E-state index is 12.3. The Balaban J connectivity index is 1.92. The standard InChI is InChI=1S/C12H21N5O2S/c1-13-7-11-3-2-6-17(9-11)20(18,19)16-8-12-4-5-14-10-15-12/h4-5,10-11,13,16H,2-3,6-9H2,1H3. The number of aromatic nitrogens is 2. The van der Waals surface area contributed by atoms with Crippen LogP contribution >= 0.6 is 0 Å². The highest BCUT2D eigenvalue weighted by atomic mass is 32.2. The van der Waals surface area contributed by atoms with Crippen LogP contribution in [0.5, 0.6) is 0 Å². The van der Waals surface area contributed by atoms with Crippen molar-refractivity contribution >= 4 is 10.2 Å². The Kier molecular flexibility index (Phi) is 5.41. The largest absolute Gasteiger partial charge is 0.319 e. The Bertz CT molecular complexity index is 506. The van der Waals surface area contributed by atoms with Crippen molar-refractivity contribution in [2.24, 2.45) is 5.92 Å². The van der Waals surface area contributed by atoms with E-state index < -0.39 is 10.2 Å². The fourth-order valence-electron chi connectivity index (χ4n) is 2.38. The van der Waals surface area contributed by atoms with Crippen molar-refractivity contribution in [3.8, 4) is 0 Å². The summed E-state index contributed by atoms with van der Waals surface area (Å²) in [5, 5.41) is 3.11. The molecule has 0 spiro atoms. The minimum Gasteiger partial charge on any atom is -0.319 e. The molecule has 1 unspecified atom stereocenters. The quantitative estimate of drug-likeness (QED) is 0.756. The van der Waals surface area contributed by atoms with Crippen LogP contribution in [-0.2, 0) is 16.8 Å². The van der Waals surface area contributed by atoms with Crippen LogP contribution < -0.4 is 10.0 Å². The van der Waals surface area contributed by atoms with Gasteiger partial charge in [0.05, 0.1) is 12.2 Å². The maximum absolute atomic E-state index is 12.3. The first-order chi connectivity index (χ1) is 9.62. The second-order valence-corrected chi connectivity index (χ2v) is 6.71. The van der Waals surface area contributed by atoms with Gasteiger partial charge in [0.25, 0.3) is 10.2 Å². The zero-order chi connectivity index (χ0) is 14.4. The van der Waals surface area contributed by atoms with Gasteiger partial charge in [-0.1, -0.05) is 0 Å². The normalized spacial score (nSPS) is 20.9. The van der Waals surface area contributed by atoms with Crippen molar-refractivity contribution in [3.05, 3.63) is 24.3 Å². The van der Waals surface area contributed by atoms with Crippen molar-refractivity contribution in [2.45, 2.75) is 19.4 Å². The summed E-state index contributed by atoms with van der Waals surface area (Å²) < 4.78 is 28.6. The molecule has 1 aliphatic rings. The van der Waals surface area contributed by atoms with E-state index in [0.717, 1.165) is 19.4 Å². The summed E-state index contributed by atoms with van der Waals surface area (Å²) in [6.07, 6.45) is 4.98. The maximum Gasteiger partial charge on any atom is 0.279 e. The Morgan fingerprint density at radius 1 is 1.50 bits per heavy atom. The van der Waals surface area contributed by atoms with E-state index in [1.54, 1.807) is 12.3 Å². The van der Waals surface area contributed by atoms with E-state index in [-0.39, 0.29) is 6.54 Å².